The number of carboxylic acid groups (broad SMARTS) is 1. The third-order valence-electron chi connectivity index (χ3n) is 6.70. The second-order valence-electron chi connectivity index (χ2n) is 11.5. The van der Waals surface area contributed by atoms with Crippen LogP contribution in [0, 0.1) is 0 Å². The molecule has 45 heavy (non-hydrogen) atoms. The summed E-state index contributed by atoms with van der Waals surface area (Å²) in [4.78, 5) is 66.1. The molecule has 0 aliphatic rings. The summed E-state index contributed by atoms with van der Waals surface area (Å²) in [5.41, 5.74) is 6.37. The number of nitrogens with two attached hydrogens (primary N) is 1. The van der Waals surface area contributed by atoms with Crippen LogP contribution in [0.2, 0.25) is 0 Å². The van der Waals surface area contributed by atoms with E-state index in [-0.39, 0.29) is 38.0 Å². The number of ether oxygens (including phenoxy) is 1. The number of rotatable bonds is 14. The summed E-state index contributed by atoms with van der Waals surface area (Å²) < 4.78 is 5.32. The number of aliphatic carboxylic acids is 1. The van der Waals surface area contributed by atoms with Gasteiger partial charge in [0.2, 0.25) is 11.8 Å². The molecule has 14 heteroatoms. The van der Waals surface area contributed by atoms with Crippen LogP contribution in [0.3, 0.4) is 0 Å². The minimum Gasteiger partial charge on any atom is -0.508 e. The number of fused-ring (bicyclic) bond motifs is 1. The second-order valence-corrected chi connectivity index (χ2v) is 11.5. The number of primary amides is 1. The zero-order valence-electron chi connectivity index (χ0n) is 25.4. The van der Waals surface area contributed by atoms with Gasteiger partial charge in [-0.2, -0.15) is 0 Å². The standard InChI is InChI=1S/C31H40N6O8/c1-31(2,3)45-30(44)37-24(15-18-10-12-20(38)13-11-18)27(40)35-23(9-6-14-33-29(32)43)26(39)36-25(28(41)42)16-19-17-34-22-8-5-4-7-21(19)22/h4-5,7-8,10-13,17,23-25,34,38H,6,9,14-16H2,1-3H3,(H,35,40)(H,36,39)(H,37,44)(H,41,42)(H3,32,33,43)/t23-,24+,25+/m1/s1. The molecule has 0 saturated heterocycles. The van der Waals surface area contributed by atoms with E-state index in [1.165, 1.54) is 12.1 Å². The zero-order chi connectivity index (χ0) is 33.1. The Bertz CT molecular complexity index is 1500. The van der Waals surface area contributed by atoms with E-state index in [4.69, 9.17) is 10.5 Å². The lowest BCUT2D eigenvalue weighted by molar-refractivity contribution is -0.142. The van der Waals surface area contributed by atoms with E-state index in [9.17, 15) is 34.2 Å². The van der Waals surface area contributed by atoms with Crippen molar-refractivity contribution in [2.75, 3.05) is 6.54 Å². The van der Waals surface area contributed by atoms with E-state index >= 15 is 0 Å². The molecule has 0 aliphatic heterocycles. The van der Waals surface area contributed by atoms with Crippen molar-refractivity contribution in [2.45, 2.75) is 70.2 Å². The number of para-hydroxylation sites is 1. The summed E-state index contributed by atoms with van der Waals surface area (Å²) >= 11 is 0. The number of phenolic OH excluding ortho intramolecular Hbond substituents is 1. The van der Waals surface area contributed by atoms with Crippen LogP contribution in [-0.2, 0) is 32.0 Å². The minimum absolute atomic E-state index is 0.00957. The number of nitrogens with one attached hydrogen (secondary N) is 5. The summed E-state index contributed by atoms with van der Waals surface area (Å²) in [6, 6.07) is 8.83. The van der Waals surface area contributed by atoms with Crippen LogP contribution >= 0.6 is 0 Å². The first-order valence-corrected chi connectivity index (χ1v) is 14.4. The quantitative estimate of drug-likeness (QED) is 0.124. The van der Waals surface area contributed by atoms with Gasteiger partial charge in [0.1, 0.15) is 29.5 Å². The van der Waals surface area contributed by atoms with Gasteiger partial charge in [-0.1, -0.05) is 30.3 Å². The van der Waals surface area contributed by atoms with Gasteiger partial charge in [0.25, 0.3) is 0 Å². The third kappa shape index (κ3) is 11.1. The number of benzene rings is 2. The Balaban J connectivity index is 1.81. The molecule has 0 saturated carbocycles. The molecule has 1 heterocycles. The van der Waals surface area contributed by atoms with E-state index in [0.29, 0.717) is 11.1 Å². The molecule has 1 aromatic heterocycles. The van der Waals surface area contributed by atoms with Gasteiger partial charge >= 0.3 is 18.1 Å². The van der Waals surface area contributed by atoms with E-state index < -0.39 is 53.6 Å². The number of phenols is 1. The summed E-state index contributed by atoms with van der Waals surface area (Å²) in [5, 5.41) is 30.5. The molecule has 3 rings (SSSR count). The highest BCUT2D eigenvalue weighted by Gasteiger charge is 2.31. The van der Waals surface area contributed by atoms with Crippen molar-refractivity contribution in [3.63, 3.8) is 0 Å². The number of urea groups is 1. The van der Waals surface area contributed by atoms with Gasteiger partial charge in [-0.25, -0.2) is 14.4 Å². The van der Waals surface area contributed by atoms with Gasteiger partial charge in [-0.05, 0) is 62.9 Å². The van der Waals surface area contributed by atoms with Gasteiger partial charge in [-0.3, -0.25) is 9.59 Å². The van der Waals surface area contributed by atoms with Crippen LogP contribution in [0.1, 0.15) is 44.7 Å². The number of aromatic hydroxyl groups is 1. The second kappa shape index (κ2) is 15.5. The Kier molecular flexibility index (Phi) is 11.8. The number of aromatic amines is 1. The molecule has 0 spiro atoms. The van der Waals surface area contributed by atoms with Crippen LogP contribution in [0.25, 0.3) is 10.9 Å². The maximum Gasteiger partial charge on any atom is 0.408 e. The monoisotopic (exact) mass is 624 g/mol. The largest absolute Gasteiger partial charge is 0.508 e. The third-order valence-corrected chi connectivity index (χ3v) is 6.70. The normalized spacial score (nSPS) is 13.2. The zero-order valence-corrected chi connectivity index (χ0v) is 25.4. The Labute approximate surface area is 260 Å². The Morgan fingerprint density at radius 3 is 2.18 bits per heavy atom. The van der Waals surface area contributed by atoms with Crippen molar-refractivity contribution in [3.05, 3.63) is 65.9 Å². The number of H-pyrrole nitrogens is 1. The molecule has 242 valence electrons. The van der Waals surface area contributed by atoms with Crippen LogP contribution in [0.4, 0.5) is 9.59 Å². The maximum atomic E-state index is 13.6. The number of hydrogen-bond acceptors (Lipinski definition) is 7. The van der Waals surface area contributed by atoms with E-state index in [1.54, 1.807) is 39.1 Å². The topological polar surface area (TPSA) is 225 Å². The molecular weight excluding hydrogens is 584 g/mol. The average Bonchev–Trinajstić information content (AvgIpc) is 3.36. The van der Waals surface area contributed by atoms with Crippen LogP contribution in [-0.4, -0.2) is 75.4 Å². The van der Waals surface area contributed by atoms with E-state index in [0.717, 1.165) is 10.9 Å². The maximum absolute atomic E-state index is 13.6. The van der Waals surface area contributed by atoms with Crippen molar-refractivity contribution in [3.8, 4) is 5.75 Å². The molecular formula is C31H40N6O8. The smallest absolute Gasteiger partial charge is 0.408 e. The Morgan fingerprint density at radius 1 is 0.889 bits per heavy atom. The Morgan fingerprint density at radius 2 is 1.53 bits per heavy atom. The van der Waals surface area contributed by atoms with Gasteiger partial charge in [0.05, 0.1) is 0 Å². The fourth-order valence-corrected chi connectivity index (χ4v) is 4.58. The van der Waals surface area contributed by atoms with Crippen molar-refractivity contribution in [2.24, 2.45) is 5.73 Å². The van der Waals surface area contributed by atoms with Crippen LogP contribution < -0.4 is 27.0 Å². The molecule has 3 aromatic rings. The summed E-state index contributed by atoms with van der Waals surface area (Å²) in [7, 11) is 0. The molecule has 3 atom stereocenters. The van der Waals surface area contributed by atoms with Crippen molar-refractivity contribution < 1.29 is 38.9 Å². The lowest BCUT2D eigenvalue weighted by Crippen LogP contribution is -2.56. The number of amides is 5. The Hall–Kier alpha value is -5.27. The molecule has 5 amide bonds. The highest BCUT2D eigenvalue weighted by atomic mass is 16.6. The number of hydrogen-bond donors (Lipinski definition) is 8. The SMILES string of the molecule is CC(C)(C)OC(=O)N[C@@H](Cc1ccc(O)cc1)C(=O)N[C@H](CCCNC(N)=O)C(=O)N[C@@H](Cc1c[nH]c2ccccc12)C(=O)O. The first kappa shape index (κ1) is 34.2. The predicted molar refractivity (Wildman–Crippen MR) is 165 cm³/mol. The number of carbonyl (C=O) groups excluding carboxylic acids is 4. The molecule has 0 unspecified atom stereocenters. The summed E-state index contributed by atoms with van der Waals surface area (Å²) in [6.07, 6.45) is 0.995. The highest BCUT2D eigenvalue weighted by Crippen LogP contribution is 2.19. The minimum atomic E-state index is -1.33. The molecule has 0 aliphatic carbocycles. The fraction of sp³-hybridized carbons (Fsp3) is 0.387. The van der Waals surface area contributed by atoms with Crippen molar-refractivity contribution >= 4 is 40.8 Å². The molecule has 0 bridgehead atoms. The first-order valence-electron chi connectivity index (χ1n) is 14.4. The van der Waals surface area contributed by atoms with Gasteiger partial charge < -0.3 is 46.9 Å². The lowest BCUT2D eigenvalue weighted by Gasteiger charge is -2.26. The highest BCUT2D eigenvalue weighted by molar-refractivity contribution is 5.93. The summed E-state index contributed by atoms with van der Waals surface area (Å²) in [6.45, 7) is 5.09. The molecule has 9 N–H and O–H groups in total. The van der Waals surface area contributed by atoms with Gasteiger partial charge in [-0.15, -0.1) is 0 Å². The number of alkyl carbamates (subject to hydrolysis) is 1. The lowest BCUT2D eigenvalue weighted by atomic mass is 10.0. The van der Waals surface area contributed by atoms with E-state index in [2.05, 4.69) is 26.3 Å². The molecule has 0 fully saturated rings. The van der Waals surface area contributed by atoms with Gasteiger partial charge in [0.15, 0.2) is 0 Å². The van der Waals surface area contributed by atoms with Crippen LogP contribution in [0.5, 0.6) is 5.75 Å². The van der Waals surface area contributed by atoms with E-state index in [1.807, 2.05) is 24.3 Å². The predicted octanol–water partition coefficient (Wildman–Crippen LogP) is 2.05. The summed E-state index contributed by atoms with van der Waals surface area (Å²) in [5.74, 6) is -2.76. The van der Waals surface area contributed by atoms with Crippen molar-refractivity contribution in [1.29, 1.82) is 0 Å². The molecule has 0 radical (unpaired) electrons. The first-order chi connectivity index (χ1) is 21.2. The number of carboxylic acids is 1. The van der Waals surface area contributed by atoms with Crippen LogP contribution in [0.15, 0.2) is 54.7 Å². The number of carbonyl (C=O) groups is 5. The average molecular weight is 625 g/mol. The van der Waals surface area contributed by atoms with Gasteiger partial charge in [0, 0.05) is 36.5 Å². The molecule has 2 aromatic carbocycles. The number of aromatic nitrogens is 1. The molecule has 14 nitrogen and oxygen atoms in total. The fourth-order valence-electron chi connectivity index (χ4n) is 4.58. The van der Waals surface area contributed by atoms with Crippen molar-refractivity contribution in [1.82, 2.24) is 26.3 Å².